The number of aryl methyl sites for hydroxylation is 1. The Kier molecular flexibility index (Phi) is 5.07. The van der Waals surface area contributed by atoms with E-state index in [0.717, 1.165) is 5.56 Å². The molecule has 22 heavy (non-hydrogen) atoms. The summed E-state index contributed by atoms with van der Waals surface area (Å²) in [7, 11) is 3.71. The number of carbonyl (C=O) groups is 2. The smallest absolute Gasteiger partial charge is 0.255 e. The van der Waals surface area contributed by atoms with Crippen molar-refractivity contribution in [3.05, 3.63) is 65.2 Å². The van der Waals surface area contributed by atoms with Gasteiger partial charge in [0.15, 0.2) is 5.78 Å². The standard InChI is InChI=1S/C18H20N2O2/c1-13-5-4-6-15(11-13)18(22)19-16-9-7-14(8-10-16)17(21)12-20(2)3/h4-11H,12H2,1-3H3,(H,19,22). The van der Waals surface area contributed by atoms with Gasteiger partial charge in [-0.2, -0.15) is 0 Å². The number of amides is 1. The zero-order valence-electron chi connectivity index (χ0n) is 13.1. The first kappa shape index (κ1) is 15.9. The second-order valence-electron chi connectivity index (χ2n) is 5.56. The van der Waals surface area contributed by atoms with Crippen molar-refractivity contribution in [1.29, 1.82) is 0 Å². The number of ketones is 1. The highest BCUT2D eigenvalue weighted by Gasteiger charge is 2.09. The lowest BCUT2D eigenvalue weighted by Gasteiger charge is -2.09. The average Bonchev–Trinajstić information content (AvgIpc) is 2.47. The van der Waals surface area contributed by atoms with E-state index < -0.39 is 0 Å². The number of Topliss-reactive ketones (excluding diaryl/α,β-unsaturated/α-hetero) is 1. The van der Waals surface area contributed by atoms with Gasteiger partial charge in [-0.1, -0.05) is 17.7 Å². The molecule has 114 valence electrons. The van der Waals surface area contributed by atoms with Crippen LogP contribution in [-0.2, 0) is 0 Å². The molecule has 1 amide bonds. The van der Waals surface area contributed by atoms with Gasteiger partial charge in [-0.05, 0) is 57.4 Å². The molecule has 2 aromatic carbocycles. The molecule has 2 aromatic rings. The van der Waals surface area contributed by atoms with Gasteiger partial charge >= 0.3 is 0 Å². The van der Waals surface area contributed by atoms with Crippen LogP contribution in [0.1, 0.15) is 26.3 Å². The maximum atomic E-state index is 12.1. The number of rotatable bonds is 5. The van der Waals surface area contributed by atoms with Crippen molar-refractivity contribution in [3.63, 3.8) is 0 Å². The molecule has 0 saturated heterocycles. The SMILES string of the molecule is Cc1cccc(C(=O)Nc2ccc(C(=O)CN(C)C)cc2)c1. The van der Waals surface area contributed by atoms with Gasteiger partial charge < -0.3 is 10.2 Å². The normalized spacial score (nSPS) is 10.5. The Labute approximate surface area is 130 Å². The van der Waals surface area contributed by atoms with Crippen molar-refractivity contribution in [2.75, 3.05) is 26.0 Å². The van der Waals surface area contributed by atoms with Crippen LogP contribution in [0, 0.1) is 6.92 Å². The summed E-state index contributed by atoms with van der Waals surface area (Å²) in [5.74, 6) is -0.0994. The minimum atomic E-state index is -0.156. The quantitative estimate of drug-likeness (QED) is 0.863. The Morgan fingerprint density at radius 2 is 1.68 bits per heavy atom. The lowest BCUT2D eigenvalue weighted by atomic mass is 10.1. The van der Waals surface area contributed by atoms with E-state index in [0.29, 0.717) is 23.4 Å². The van der Waals surface area contributed by atoms with E-state index in [2.05, 4.69) is 5.32 Å². The summed E-state index contributed by atoms with van der Waals surface area (Å²) in [6, 6.07) is 14.4. The van der Waals surface area contributed by atoms with E-state index in [9.17, 15) is 9.59 Å². The van der Waals surface area contributed by atoms with Crippen LogP contribution in [-0.4, -0.2) is 37.2 Å². The lowest BCUT2D eigenvalue weighted by molar-refractivity contribution is 0.0957. The Morgan fingerprint density at radius 3 is 2.27 bits per heavy atom. The molecule has 0 aliphatic heterocycles. The summed E-state index contributed by atoms with van der Waals surface area (Å²) in [4.78, 5) is 25.9. The Balaban J connectivity index is 2.05. The molecule has 4 heteroatoms. The zero-order chi connectivity index (χ0) is 16.1. The molecular formula is C18H20N2O2. The lowest BCUT2D eigenvalue weighted by Crippen LogP contribution is -2.21. The predicted molar refractivity (Wildman–Crippen MR) is 88.5 cm³/mol. The van der Waals surface area contributed by atoms with Gasteiger partial charge in [-0.15, -0.1) is 0 Å². The third-order valence-electron chi connectivity index (χ3n) is 3.20. The van der Waals surface area contributed by atoms with Gasteiger partial charge in [0.25, 0.3) is 5.91 Å². The van der Waals surface area contributed by atoms with Crippen LogP contribution >= 0.6 is 0 Å². The number of carbonyl (C=O) groups excluding carboxylic acids is 2. The van der Waals surface area contributed by atoms with Crippen LogP contribution in [0.15, 0.2) is 48.5 Å². The molecule has 0 radical (unpaired) electrons. The number of benzene rings is 2. The summed E-state index contributed by atoms with van der Waals surface area (Å²) in [5, 5.41) is 2.83. The monoisotopic (exact) mass is 296 g/mol. The second-order valence-corrected chi connectivity index (χ2v) is 5.56. The van der Waals surface area contributed by atoms with E-state index in [4.69, 9.17) is 0 Å². The maximum Gasteiger partial charge on any atom is 0.255 e. The third kappa shape index (κ3) is 4.27. The van der Waals surface area contributed by atoms with E-state index in [-0.39, 0.29) is 11.7 Å². The number of anilines is 1. The molecule has 0 saturated carbocycles. The molecule has 0 heterocycles. The molecule has 0 bridgehead atoms. The van der Waals surface area contributed by atoms with Crippen molar-refractivity contribution in [2.45, 2.75) is 6.92 Å². The predicted octanol–water partition coefficient (Wildman–Crippen LogP) is 2.99. The van der Waals surface area contributed by atoms with Crippen molar-refractivity contribution < 1.29 is 9.59 Å². The van der Waals surface area contributed by atoms with Gasteiger partial charge in [0.1, 0.15) is 0 Å². The average molecular weight is 296 g/mol. The molecule has 0 spiro atoms. The highest BCUT2D eigenvalue weighted by atomic mass is 16.1. The topological polar surface area (TPSA) is 49.4 Å². The fourth-order valence-corrected chi connectivity index (χ4v) is 2.11. The first-order valence-corrected chi connectivity index (χ1v) is 7.12. The Morgan fingerprint density at radius 1 is 1.00 bits per heavy atom. The number of hydrogen-bond acceptors (Lipinski definition) is 3. The molecule has 2 rings (SSSR count). The van der Waals surface area contributed by atoms with E-state index in [1.54, 1.807) is 30.3 Å². The van der Waals surface area contributed by atoms with Crippen LogP contribution in [0.3, 0.4) is 0 Å². The van der Waals surface area contributed by atoms with Gasteiger partial charge in [0.05, 0.1) is 6.54 Å². The Hall–Kier alpha value is -2.46. The highest BCUT2D eigenvalue weighted by molar-refractivity contribution is 6.04. The van der Waals surface area contributed by atoms with Crippen LogP contribution in [0.5, 0.6) is 0 Å². The first-order chi connectivity index (χ1) is 10.5. The van der Waals surface area contributed by atoms with Crippen molar-refractivity contribution in [1.82, 2.24) is 4.90 Å². The van der Waals surface area contributed by atoms with Crippen molar-refractivity contribution in [3.8, 4) is 0 Å². The van der Waals surface area contributed by atoms with Gasteiger partial charge in [0, 0.05) is 16.8 Å². The van der Waals surface area contributed by atoms with Gasteiger partial charge in [0.2, 0.25) is 0 Å². The second kappa shape index (κ2) is 7.00. The number of nitrogens with one attached hydrogen (secondary N) is 1. The van der Waals surface area contributed by atoms with Crippen LogP contribution in [0.25, 0.3) is 0 Å². The molecular weight excluding hydrogens is 276 g/mol. The summed E-state index contributed by atoms with van der Waals surface area (Å²) < 4.78 is 0. The first-order valence-electron chi connectivity index (χ1n) is 7.12. The molecule has 0 unspecified atom stereocenters. The van der Waals surface area contributed by atoms with Gasteiger partial charge in [-0.3, -0.25) is 9.59 Å². The van der Waals surface area contributed by atoms with Crippen LogP contribution in [0.2, 0.25) is 0 Å². The minimum Gasteiger partial charge on any atom is -0.322 e. The fourth-order valence-electron chi connectivity index (χ4n) is 2.11. The van der Waals surface area contributed by atoms with E-state index in [1.807, 2.05) is 44.1 Å². The molecule has 4 nitrogen and oxygen atoms in total. The molecule has 0 aliphatic carbocycles. The third-order valence-corrected chi connectivity index (χ3v) is 3.20. The van der Waals surface area contributed by atoms with Crippen molar-refractivity contribution >= 4 is 17.4 Å². The fraction of sp³-hybridized carbons (Fsp3) is 0.222. The van der Waals surface area contributed by atoms with Gasteiger partial charge in [-0.25, -0.2) is 0 Å². The Bertz CT molecular complexity index is 676. The van der Waals surface area contributed by atoms with E-state index in [1.165, 1.54) is 0 Å². The van der Waals surface area contributed by atoms with Crippen molar-refractivity contribution in [2.24, 2.45) is 0 Å². The summed E-state index contributed by atoms with van der Waals surface area (Å²) >= 11 is 0. The molecule has 0 aromatic heterocycles. The van der Waals surface area contributed by atoms with Crippen LogP contribution in [0.4, 0.5) is 5.69 Å². The summed E-state index contributed by atoms with van der Waals surface area (Å²) in [6.45, 7) is 2.32. The van der Waals surface area contributed by atoms with E-state index >= 15 is 0 Å². The number of hydrogen-bond donors (Lipinski definition) is 1. The zero-order valence-corrected chi connectivity index (χ0v) is 13.1. The van der Waals surface area contributed by atoms with Crippen LogP contribution < -0.4 is 5.32 Å². The molecule has 0 atom stereocenters. The minimum absolute atomic E-state index is 0.0570. The molecule has 0 fully saturated rings. The largest absolute Gasteiger partial charge is 0.322 e. The number of nitrogens with zero attached hydrogens (tertiary/aromatic N) is 1. The maximum absolute atomic E-state index is 12.1. The summed E-state index contributed by atoms with van der Waals surface area (Å²) in [5.41, 5.74) is 2.97. The highest BCUT2D eigenvalue weighted by Crippen LogP contribution is 2.13. The summed E-state index contributed by atoms with van der Waals surface area (Å²) in [6.07, 6.45) is 0. The number of likely N-dealkylation sites (N-methyl/N-ethyl adjacent to an activating group) is 1. The molecule has 0 aliphatic rings. The molecule has 1 N–H and O–H groups in total.